The van der Waals surface area contributed by atoms with E-state index in [1.807, 2.05) is 20.8 Å². The van der Waals surface area contributed by atoms with Crippen molar-refractivity contribution in [3.63, 3.8) is 0 Å². The zero-order chi connectivity index (χ0) is 34.1. The SMILES string of the molecule is CCOc1cc(C(=O)NCc2nnc(SCC(=O)Nc3cc(C(F)(F)F)ccc3Cl)n2-c2ccc(Br)cc2)cc(OCC)c1OCC. The number of halogens is 5. The lowest BCUT2D eigenvalue weighted by molar-refractivity contribution is -0.137. The number of hydrogen-bond acceptors (Lipinski definition) is 8. The molecule has 0 spiro atoms. The molecule has 4 aromatic rings. The van der Waals surface area contributed by atoms with Gasteiger partial charge in [0.15, 0.2) is 22.5 Å². The number of carbonyl (C=O) groups excluding carboxylic acids is 2. The highest BCUT2D eigenvalue weighted by Gasteiger charge is 2.31. The van der Waals surface area contributed by atoms with Crippen LogP contribution in [0.3, 0.4) is 0 Å². The summed E-state index contributed by atoms with van der Waals surface area (Å²) in [6.45, 7) is 6.48. The minimum absolute atomic E-state index is 0.0401. The maximum absolute atomic E-state index is 13.3. The normalized spacial score (nSPS) is 11.2. The maximum Gasteiger partial charge on any atom is 0.416 e. The fourth-order valence-electron chi connectivity index (χ4n) is 4.25. The lowest BCUT2D eigenvalue weighted by Crippen LogP contribution is -2.25. The van der Waals surface area contributed by atoms with E-state index in [4.69, 9.17) is 25.8 Å². The summed E-state index contributed by atoms with van der Waals surface area (Å²) in [7, 11) is 0. The van der Waals surface area contributed by atoms with E-state index in [0.29, 0.717) is 53.7 Å². The minimum atomic E-state index is -4.60. The molecule has 10 nitrogen and oxygen atoms in total. The number of nitrogens with zero attached hydrogens (tertiary/aromatic N) is 3. The maximum atomic E-state index is 13.3. The van der Waals surface area contributed by atoms with Crippen LogP contribution in [0.25, 0.3) is 5.69 Å². The standard InChI is InChI=1S/C31H30BrClF3N5O5S/c1-4-44-24-13-18(14-25(45-5-2)28(24)46-6-3)29(43)37-16-26-39-40-30(41(26)21-10-8-20(32)9-11-21)47-17-27(42)38-23-15-19(31(34,35)36)7-12-22(23)33/h7-15H,4-6,16-17H2,1-3H3,(H,37,43)(H,38,42). The van der Waals surface area contributed by atoms with Gasteiger partial charge in [0, 0.05) is 15.7 Å². The quantitative estimate of drug-likeness (QED) is 0.127. The fraction of sp³-hybridized carbons (Fsp3) is 0.290. The van der Waals surface area contributed by atoms with E-state index < -0.39 is 23.6 Å². The number of anilines is 1. The Hall–Kier alpha value is -3.95. The lowest BCUT2D eigenvalue weighted by Gasteiger charge is -2.17. The zero-order valence-corrected chi connectivity index (χ0v) is 28.6. The van der Waals surface area contributed by atoms with Gasteiger partial charge in [-0.25, -0.2) is 0 Å². The van der Waals surface area contributed by atoms with E-state index in [9.17, 15) is 22.8 Å². The molecule has 0 aliphatic rings. The highest BCUT2D eigenvalue weighted by Crippen LogP contribution is 2.39. The number of amides is 2. The van der Waals surface area contributed by atoms with E-state index in [0.717, 1.165) is 34.4 Å². The number of hydrogen-bond donors (Lipinski definition) is 2. The van der Waals surface area contributed by atoms with Crippen molar-refractivity contribution in [1.82, 2.24) is 20.1 Å². The summed E-state index contributed by atoms with van der Waals surface area (Å²) in [4.78, 5) is 26.1. The third-order valence-electron chi connectivity index (χ3n) is 6.26. The number of rotatable bonds is 14. The van der Waals surface area contributed by atoms with Crippen molar-refractivity contribution in [1.29, 1.82) is 0 Å². The van der Waals surface area contributed by atoms with Crippen LogP contribution in [-0.4, -0.2) is 52.2 Å². The van der Waals surface area contributed by atoms with Crippen molar-refractivity contribution in [2.45, 2.75) is 38.6 Å². The van der Waals surface area contributed by atoms with Crippen LogP contribution in [0.2, 0.25) is 5.02 Å². The summed E-state index contributed by atoms with van der Waals surface area (Å²) in [5.41, 5.74) is -0.196. The Morgan fingerprint density at radius 1 is 0.936 bits per heavy atom. The summed E-state index contributed by atoms with van der Waals surface area (Å²) in [5.74, 6) is 0.224. The molecule has 4 rings (SSSR count). The van der Waals surface area contributed by atoms with Crippen molar-refractivity contribution in [3.8, 4) is 22.9 Å². The second kappa shape index (κ2) is 16.2. The molecule has 47 heavy (non-hydrogen) atoms. The molecule has 0 aliphatic heterocycles. The first-order valence-electron chi connectivity index (χ1n) is 14.3. The molecule has 16 heteroatoms. The number of carbonyl (C=O) groups is 2. The predicted octanol–water partition coefficient (Wildman–Crippen LogP) is 7.56. The van der Waals surface area contributed by atoms with E-state index in [2.05, 4.69) is 36.8 Å². The summed E-state index contributed by atoms with van der Waals surface area (Å²) in [6, 6.07) is 13.0. The van der Waals surface area contributed by atoms with E-state index in [1.54, 1.807) is 41.0 Å². The zero-order valence-electron chi connectivity index (χ0n) is 25.4. The number of nitrogens with one attached hydrogen (secondary N) is 2. The average Bonchev–Trinajstić information content (AvgIpc) is 3.44. The fourth-order valence-corrected chi connectivity index (χ4v) is 5.45. The van der Waals surface area contributed by atoms with Crippen LogP contribution in [0, 0.1) is 0 Å². The second-order valence-electron chi connectivity index (χ2n) is 9.52. The first-order valence-corrected chi connectivity index (χ1v) is 16.4. The van der Waals surface area contributed by atoms with Gasteiger partial charge in [0.25, 0.3) is 5.91 Å². The number of alkyl halides is 3. The lowest BCUT2D eigenvalue weighted by atomic mass is 10.1. The van der Waals surface area contributed by atoms with Crippen molar-refractivity contribution < 1.29 is 37.0 Å². The van der Waals surface area contributed by atoms with Crippen LogP contribution < -0.4 is 24.8 Å². The smallest absolute Gasteiger partial charge is 0.416 e. The molecule has 0 unspecified atom stereocenters. The number of ether oxygens (including phenoxy) is 3. The Bertz CT molecular complexity index is 1700. The molecule has 0 radical (unpaired) electrons. The highest BCUT2D eigenvalue weighted by molar-refractivity contribution is 9.10. The molecule has 0 saturated heterocycles. The topological polar surface area (TPSA) is 117 Å². The minimum Gasteiger partial charge on any atom is -0.490 e. The van der Waals surface area contributed by atoms with E-state index >= 15 is 0 Å². The first-order chi connectivity index (χ1) is 22.4. The third-order valence-corrected chi connectivity index (χ3v) is 8.05. The molecule has 3 aromatic carbocycles. The molecular formula is C31H30BrClF3N5O5S. The molecule has 0 atom stereocenters. The van der Waals surface area contributed by atoms with Gasteiger partial charge in [-0.1, -0.05) is 39.3 Å². The largest absolute Gasteiger partial charge is 0.490 e. The summed E-state index contributed by atoms with van der Waals surface area (Å²) < 4.78 is 59.2. The molecule has 1 aromatic heterocycles. The Labute approximate surface area is 286 Å². The van der Waals surface area contributed by atoms with Crippen molar-refractivity contribution in [3.05, 3.63) is 81.0 Å². The van der Waals surface area contributed by atoms with Crippen LogP contribution in [0.1, 0.15) is 42.5 Å². The first kappa shape index (κ1) is 35.9. The molecule has 0 saturated carbocycles. The van der Waals surface area contributed by atoms with Crippen LogP contribution >= 0.6 is 39.3 Å². The molecule has 0 bridgehead atoms. The van der Waals surface area contributed by atoms with Gasteiger partial charge >= 0.3 is 6.18 Å². The van der Waals surface area contributed by atoms with Crippen LogP contribution in [0.5, 0.6) is 17.2 Å². The predicted molar refractivity (Wildman–Crippen MR) is 176 cm³/mol. The van der Waals surface area contributed by atoms with Gasteiger partial charge in [-0.05, 0) is 75.4 Å². The van der Waals surface area contributed by atoms with Gasteiger partial charge in [-0.2, -0.15) is 13.2 Å². The van der Waals surface area contributed by atoms with Gasteiger partial charge in [-0.3, -0.25) is 14.2 Å². The third kappa shape index (κ3) is 9.32. The summed E-state index contributed by atoms with van der Waals surface area (Å²) >= 11 is 10.4. The van der Waals surface area contributed by atoms with Gasteiger partial charge in [-0.15, -0.1) is 10.2 Å². The van der Waals surface area contributed by atoms with Crippen molar-refractivity contribution in [2.75, 3.05) is 30.9 Å². The van der Waals surface area contributed by atoms with Gasteiger partial charge < -0.3 is 24.8 Å². The van der Waals surface area contributed by atoms with Crippen LogP contribution in [0.4, 0.5) is 18.9 Å². The number of benzene rings is 3. The molecule has 0 aliphatic carbocycles. The van der Waals surface area contributed by atoms with E-state index in [1.165, 1.54) is 0 Å². The van der Waals surface area contributed by atoms with Crippen molar-refractivity contribution in [2.24, 2.45) is 0 Å². The molecule has 2 N–H and O–H groups in total. The Balaban J connectivity index is 1.55. The van der Waals surface area contributed by atoms with E-state index in [-0.39, 0.29) is 28.6 Å². The average molecular weight is 757 g/mol. The molecule has 1 heterocycles. The van der Waals surface area contributed by atoms with Gasteiger partial charge in [0.1, 0.15) is 0 Å². The van der Waals surface area contributed by atoms with Gasteiger partial charge in [0.2, 0.25) is 11.7 Å². The highest BCUT2D eigenvalue weighted by atomic mass is 79.9. The monoisotopic (exact) mass is 755 g/mol. The molecule has 250 valence electrons. The second-order valence-corrected chi connectivity index (χ2v) is 11.8. The molecular weight excluding hydrogens is 727 g/mol. The Morgan fingerprint density at radius 3 is 2.17 bits per heavy atom. The summed E-state index contributed by atoms with van der Waals surface area (Å²) in [6.07, 6.45) is -4.60. The number of thioether (sulfide) groups is 1. The molecule has 2 amide bonds. The Kier molecular flexibility index (Phi) is 12.4. The van der Waals surface area contributed by atoms with Crippen molar-refractivity contribution >= 4 is 56.8 Å². The Morgan fingerprint density at radius 2 is 1.57 bits per heavy atom. The van der Waals surface area contributed by atoms with Gasteiger partial charge in [0.05, 0.1) is 48.4 Å². The van der Waals surface area contributed by atoms with Crippen LogP contribution in [-0.2, 0) is 17.5 Å². The summed E-state index contributed by atoms with van der Waals surface area (Å²) in [5, 5.41) is 14.0. The van der Waals surface area contributed by atoms with Crippen LogP contribution in [0.15, 0.2) is 64.2 Å². The number of aromatic nitrogens is 3. The molecule has 0 fully saturated rings.